The van der Waals surface area contributed by atoms with E-state index in [-0.39, 0.29) is 23.1 Å². The van der Waals surface area contributed by atoms with Crippen molar-refractivity contribution in [2.24, 2.45) is 0 Å². The van der Waals surface area contributed by atoms with Crippen LogP contribution >= 0.6 is 0 Å². The van der Waals surface area contributed by atoms with Crippen molar-refractivity contribution in [3.63, 3.8) is 0 Å². The summed E-state index contributed by atoms with van der Waals surface area (Å²) >= 11 is 0. The van der Waals surface area contributed by atoms with E-state index >= 15 is 0 Å². The molecule has 0 aromatic heterocycles. The molecular weight excluding hydrogens is 358 g/mol. The summed E-state index contributed by atoms with van der Waals surface area (Å²) in [6.07, 6.45) is 9.59. The van der Waals surface area contributed by atoms with Crippen LogP contribution in [0.4, 0.5) is 5.69 Å². The molecule has 0 unspecified atom stereocenters. The van der Waals surface area contributed by atoms with E-state index in [9.17, 15) is 10.1 Å². The second-order valence-corrected chi connectivity index (χ2v) is 8.93. The number of rotatable bonds is 4. The molecule has 4 heteroatoms. The highest BCUT2D eigenvalue weighted by Crippen LogP contribution is 2.40. The fraction of sp³-hybridized carbons (Fsp3) is 0.520. The molecule has 0 saturated heterocycles. The minimum absolute atomic E-state index is 0.0344. The summed E-state index contributed by atoms with van der Waals surface area (Å²) in [4.78, 5) is 15.1. The molecule has 3 rings (SSSR count). The number of fused-ring (bicyclic) bond motifs is 1. The van der Waals surface area contributed by atoms with Crippen LogP contribution in [0, 0.1) is 18.3 Å². The predicted molar refractivity (Wildman–Crippen MR) is 121 cm³/mol. The SMILES string of the molecule is CCN1c2cc(C)c(/C=C(/C#N)C(=O)NC3CCCCC3)cc2C(C)=CC1(C)C. The molecule has 0 bridgehead atoms. The third kappa shape index (κ3) is 4.40. The molecule has 154 valence electrons. The predicted octanol–water partition coefficient (Wildman–Crippen LogP) is 5.37. The van der Waals surface area contributed by atoms with Crippen LogP contribution < -0.4 is 10.2 Å². The fourth-order valence-corrected chi connectivity index (χ4v) is 4.79. The van der Waals surface area contributed by atoms with Crippen LogP contribution in [0.2, 0.25) is 0 Å². The molecule has 1 aromatic rings. The summed E-state index contributed by atoms with van der Waals surface area (Å²) in [6, 6.07) is 6.63. The maximum absolute atomic E-state index is 12.7. The molecule has 0 radical (unpaired) electrons. The van der Waals surface area contributed by atoms with Gasteiger partial charge in [0.15, 0.2) is 0 Å². The summed E-state index contributed by atoms with van der Waals surface area (Å²) in [5.74, 6) is -0.250. The molecule has 1 aliphatic heterocycles. The Balaban J connectivity index is 1.93. The molecule has 1 aliphatic carbocycles. The first-order chi connectivity index (χ1) is 13.8. The molecule has 1 N–H and O–H groups in total. The highest BCUT2D eigenvalue weighted by atomic mass is 16.1. The topological polar surface area (TPSA) is 56.1 Å². The summed E-state index contributed by atoms with van der Waals surface area (Å²) in [6.45, 7) is 11.7. The van der Waals surface area contributed by atoms with Gasteiger partial charge in [-0.15, -0.1) is 0 Å². The van der Waals surface area contributed by atoms with E-state index < -0.39 is 0 Å². The number of aryl methyl sites for hydroxylation is 1. The largest absolute Gasteiger partial charge is 0.363 e. The van der Waals surface area contributed by atoms with Crippen molar-refractivity contribution >= 4 is 23.2 Å². The van der Waals surface area contributed by atoms with Gasteiger partial charge < -0.3 is 10.2 Å². The second-order valence-electron chi connectivity index (χ2n) is 8.93. The minimum Gasteiger partial charge on any atom is -0.363 e. The van der Waals surface area contributed by atoms with Gasteiger partial charge in [-0.25, -0.2) is 0 Å². The van der Waals surface area contributed by atoms with Crippen LogP contribution in [0.1, 0.15) is 76.5 Å². The van der Waals surface area contributed by atoms with Gasteiger partial charge in [-0.1, -0.05) is 25.3 Å². The molecule has 1 saturated carbocycles. The quantitative estimate of drug-likeness (QED) is 0.554. The molecule has 1 amide bonds. The van der Waals surface area contributed by atoms with Crippen molar-refractivity contribution in [1.29, 1.82) is 5.26 Å². The Morgan fingerprint density at radius 3 is 2.59 bits per heavy atom. The average Bonchev–Trinajstić information content (AvgIpc) is 2.67. The first-order valence-corrected chi connectivity index (χ1v) is 10.8. The number of anilines is 1. The van der Waals surface area contributed by atoms with Crippen LogP contribution in [-0.4, -0.2) is 24.0 Å². The lowest BCUT2D eigenvalue weighted by Gasteiger charge is -2.43. The minimum atomic E-state index is -0.250. The average molecular weight is 392 g/mol. The van der Waals surface area contributed by atoms with Crippen molar-refractivity contribution in [2.75, 3.05) is 11.4 Å². The number of nitrogens with zero attached hydrogens (tertiary/aromatic N) is 2. The lowest BCUT2D eigenvalue weighted by Crippen LogP contribution is -2.44. The van der Waals surface area contributed by atoms with E-state index in [2.05, 4.69) is 69.1 Å². The Morgan fingerprint density at radius 2 is 1.97 bits per heavy atom. The van der Waals surface area contributed by atoms with Crippen LogP contribution in [0.3, 0.4) is 0 Å². The van der Waals surface area contributed by atoms with Gasteiger partial charge >= 0.3 is 0 Å². The van der Waals surface area contributed by atoms with E-state index in [0.717, 1.165) is 43.4 Å². The van der Waals surface area contributed by atoms with Gasteiger partial charge in [-0.05, 0) is 82.4 Å². The third-order valence-electron chi connectivity index (χ3n) is 6.29. The van der Waals surface area contributed by atoms with Gasteiger partial charge in [0.05, 0.1) is 5.54 Å². The Labute approximate surface area is 175 Å². The van der Waals surface area contributed by atoms with Gasteiger partial charge in [0.25, 0.3) is 5.91 Å². The summed E-state index contributed by atoms with van der Waals surface area (Å²) in [5, 5.41) is 12.7. The molecule has 1 aromatic carbocycles. The van der Waals surface area contributed by atoms with Gasteiger partial charge in [-0.3, -0.25) is 4.79 Å². The zero-order chi connectivity index (χ0) is 21.2. The number of hydrogen-bond acceptors (Lipinski definition) is 3. The number of likely N-dealkylation sites (N-methyl/N-ethyl adjacent to an activating group) is 1. The Bertz CT molecular complexity index is 895. The number of nitrogens with one attached hydrogen (secondary N) is 1. The highest BCUT2D eigenvalue weighted by molar-refractivity contribution is 6.02. The number of benzene rings is 1. The fourth-order valence-electron chi connectivity index (χ4n) is 4.79. The lowest BCUT2D eigenvalue weighted by atomic mass is 9.86. The lowest BCUT2D eigenvalue weighted by molar-refractivity contribution is -0.117. The Hall–Kier alpha value is -2.54. The molecule has 1 fully saturated rings. The maximum Gasteiger partial charge on any atom is 0.262 e. The third-order valence-corrected chi connectivity index (χ3v) is 6.29. The van der Waals surface area contributed by atoms with E-state index in [0.29, 0.717) is 0 Å². The molecule has 4 nitrogen and oxygen atoms in total. The Morgan fingerprint density at radius 1 is 1.28 bits per heavy atom. The smallest absolute Gasteiger partial charge is 0.262 e. The van der Waals surface area contributed by atoms with E-state index in [1.165, 1.54) is 23.2 Å². The van der Waals surface area contributed by atoms with Crippen LogP contribution in [0.5, 0.6) is 0 Å². The van der Waals surface area contributed by atoms with Gasteiger partial charge in [0, 0.05) is 23.8 Å². The van der Waals surface area contributed by atoms with Crippen molar-refractivity contribution in [2.45, 2.75) is 78.3 Å². The number of amides is 1. The number of carbonyl (C=O) groups is 1. The summed E-state index contributed by atoms with van der Waals surface area (Å²) in [5.41, 5.74) is 5.78. The van der Waals surface area contributed by atoms with E-state index in [1.54, 1.807) is 6.08 Å². The van der Waals surface area contributed by atoms with E-state index in [4.69, 9.17) is 0 Å². The zero-order valence-corrected chi connectivity index (χ0v) is 18.4. The van der Waals surface area contributed by atoms with E-state index in [1.807, 2.05) is 0 Å². The van der Waals surface area contributed by atoms with Gasteiger partial charge in [-0.2, -0.15) is 5.26 Å². The maximum atomic E-state index is 12.7. The standard InChI is InChI=1S/C25H33N3O/c1-6-28-23-12-17(2)19(14-22(23)18(3)15-25(28,4)5)13-20(16-26)24(29)27-21-10-8-7-9-11-21/h12-15,21H,6-11H2,1-5H3,(H,27,29)/b20-13-. The number of hydrogen-bond donors (Lipinski definition) is 1. The first kappa shape index (κ1) is 21.2. The number of allylic oxidation sites excluding steroid dienone is 1. The summed E-state index contributed by atoms with van der Waals surface area (Å²) < 4.78 is 0. The second kappa shape index (κ2) is 8.45. The molecule has 0 atom stereocenters. The summed E-state index contributed by atoms with van der Waals surface area (Å²) in [7, 11) is 0. The molecule has 29 heavy (non-hydrogen) atoms. The number of nitriles is 1. The Kier molecular flexibility index (Phi) is 6.17. The molecule has 1 heterocycles. The van der Waals surface area contributed by atoms with Crippen LogP contribution in [0.15, 0.2) is 23.8 Å². The molecule has 0 spiro atoms. The van der Waals surface area contributed by atoms with Crippen LogP contribution in [0.25, 0.3) is 11.6 Å². The normalized spacial score (nSPS) is 19.2. The van der Waals surface area contributed by atoms with Gasteiger partial charge in [0.1, 0.15) is 11.6 Å². The van der Waals surface area contributed by atoms with Gasteiger partial charge in [0.2, 0.25) is 0 Å². The number of carbonyl (C=O) groups excluding carboxylic acids is 1. The van der Waals surface area contributed by atoms with Crippen molar-refractivity contribution in [3.8, 4) is 6.07 Å². The molecule has 2 aliphatic rings. The van der Waals surface area contributed by atoms with Crippen molar-refractivity contribution < 1.29 is 4.79 Å². The molecular formula is C25H33N3O. The monoisotopic (exact) mass is 391 g/mol. The van der Waals surface area contributed by atoms with Crippen molar-refractivity contribution in [3.05, 3.63) is 40.5 Å². The van der Waals surface area contributed by atoms with Crippen molar-refractivity contribution in [1.82, 2.24) is 5.32 Å². The first-order valence-electron chi connectivity index (χ1n) is 10.8. The van der Waals surface area contributed by atoms with Crippen LogP contribution in [-0.2, 0) is 4.79 Å². The zero-order valence-electron chi connectivity index (χ0n) is 18.4. The highest BCUT2D eigenvalue weighted by Gasteiger charge is 2.30.